The van der Waals surface area contributed by atoms with Crippen molar-refractivity contribution in [3.05, 3.63) is 0 Å². The summed E-state index contributed by atoms with van der Waals surface area (Å²) in [5, 5.41) is 12.8. The van der Waals surface area contributed by atoms with Crippen LogP contribution in [0.15, 0.2) is 0 Å². The molecule has 1 aliphatic heterocycles. The van der Waals surface area contributed by atoms with E-state index >= 15 is 0 Å². The monoisotopic (exact) mass is 428 g/mol. The molecule has 2 nitrogen and oxygen atoms in total. The quantitative estimate of drug-likeness (QED) is 0.456. The Morgan fingerprint density at radius 3 is 2.10 bits per heavy atom. The molecule has 5 saturated carbocycles. The van der Waals surface area contributed by atoms with Gasteiger partial charge < -0.3 is 9.84 Å². The molecule has 10 atom stereocenters. The molecule has 31 heavy (non-hydrogen) atoms. The van der Waals surface area contributed by atoms with Gasteiger partial charge >= 0.3 is 0 Å². The van der Waals surface area contributed by atoms with Gasteiger partial charge in [-0.15, -0.1) is 0 Å². The van der Waals surface area contributed by atoms with Crippen molar-refractivity contribution in [1.82, 2.24) is 0 Å². The molecule has 0 aromatic heterocycles. The van der Waals surface area contributed by atoms with Crippen molar-refractivity contribution in [3.63, 3.8) is 0 Å². The fraction of sp³-hybridized carbons (Fsp3) is 1.00. The molecule has 0 aromatic rings. The first-order valence-electron chi connectivity index (χ1n) is 13.8. The first-order chi connectivity index (χ1) is 14.4. The Balaban J connectivity index is 1.41. The van der Waals surface area contributed by atoms with Crippen LogP contribution in [0, 0.1) is 50.7 Å². The molecule has 5 aliphatic carbocycles. The predicted molar refractivity (Wildman–Crippen MR) is 126 cm³/mol. The molecule has 1 saturated heterocycles. The normalized spacial score (nSPS) is 62.2. The van der Waals surface area contributed by atoms with E-state index in [0.29, 0.717) is 28.8 Å². The van der Waals surface area contributed by atoms with Crippen LogP contribution in [0.3, 0.4) is 0 Å². The van der Waals surface area contributed by atoms with Gasteiger partial charge in [0.1, 0.15) is 0 Å². The van der Waals surface area contributed by atoms with Gasteiger partial charge in [-0.25, -0.2) is 0 Å². The maximum absolute atomic E-state index is 12.8. The summed E-state index contributed by atoms with van der Waals surface area (Å²) in [6, 6.07) is 0. The smallest absolute Gasteiger partial charge is 0.0840 e. The maximum Gasteiger partial charge on any atom is 0.0840 e. The molecule has 0 amide bonds. The molecule has 176 valence electrons. The van der Waals surface area contributed by atoms with Crippen LogP contribution in [0.4, 0.5) is 0 Å². The molecule has 6 fully saturated rings. The van der Waals surface area contributed by atoms with Crippen LogP contribution in [0.5, 0.6) is 0 Å². The van der Waals surface area contributed by atoms with Crippen LogP contribution >= 0.6 is 0 Å². The van der Waals surface area contributed by atoms with E-state index in [4.69, 9.17) is 4.74 Å². The van der Waals surface area contributed by atoms with Gasteiger partial charge in [0.2, 0.25) is 0 Å². The van der Waals surface area contributed by atoms with E-state index in [1.165, 1.54) is 64.2 Å². The number of aliphatic hydroxyl groups is 1. The molecule has 6 aliphatic rings. The fourth-order valence-corrected chi connectivity index (χ4v) is 12.0. The second-order valence-electron chi connectivity index (χ2n) is 14.8. The molecule has 1 N–H and O–H groups in total. The highest BCUT2D eigenvalue weighted by Crippen LogP contribution is 2.79. The van der Waals surface area contributed by atoms with Gasteiger partial charge in [0.25, 0.3) is 0 Å². The van der Waals surface area contributed by atoms with E-state index in [-0.39, 0.29) is 16.2 Å². The number of hydrogen-bond donors (Lipinski definition) is 1. The summed E-state index contributed by atoms with van der Waals surface area (Å²) in [6.45, 7) is 16.5. The first kappa shape index (κ1) is 21.5. The van der Waals surface area contributed by atoms with E-state index in [1.807, 2.05) is 0 Å². The number of fused-ring (bicyclic) bond motifs is 7. The zero-order chi connectivity index (χ0) is 22.1. The van der Waals surface area contributed by atoms with E-state index < -0.39 is 5.60 Å². The molecule has 0 unspecified atom stereocenters. The third kappa shape index (κ3) is 2.34. The maximum atomic E-state index is 12.8. The number of rotatable bonds is 1. The van der Waals surface area contributed by atoms with Crippen LogP contribution < -0.4 is 0 Å². The lowest BCUT2D eigenvalue weighted by atomic mass is 9.30. The van der Waals surface area contributed by atoms with Crippen molar-refractivity contribution in [2.75, 3.05) is 6.61 Å². The molecule has 0 bridgehead atoms. The van der Waals surface area contributed by atoms with Gasteiger partial charge in [0, 0.05) is 10.8 Å². The second kappa shape index (κ2) is 6.12. The third-order valence-electron chi connectivity index (χ3n) is 13.8. The molecule has 0 aromatic carbocycles. The number of epoxide rings is 1. The largest absolute Gasteiger partial charge is 0.389 e. The minimum atomic E-state index is -0.509. The Morgan fingerprint density at radius 2 is 1.39 bits per heavy atom. The van der Waals surface area contributed by atoms with Crippen LogP contribution in [0.1, 0.15) is 112 Å². The van der Waals surface area contributed by atoms with Gasteiger partial charge in [-0.05, 0) is 104 Å². The molecule has 0 spiro atoms. The van der Waals surface area contributed by atoms with Crippen molar-refractivity contribution in [2.24, 2.45) is 50.7 Å². The van der Waals surface area contributed by atoms with Gasteiger partial charge in [-0.3, -0.25) is 0 Å². The van der Waals surface area contributed by atoms with Crippen molar-refractivity contribution in [1.29, 1.82) is 0 Å². The van der Waals surface area contributed by atoms with Crippen LogP contribution in [-0.2, 0) is 4.74 Å². The van der Waals surface area contributed by atoms with Crippen LogP contribution in [-0.4, -0.2) is 23.4 Å². The van der Waals surface area contributed by atoms with Gasteiger partial charge in [-0.1, -0.05) is 48.0 Å². The van der Waals surface area contributed by atoms with Crippen molar-refractivity contribution < 1.29 is 9.84 Å². The Kier molecular flexibility index (Phi) is 4.24. The van der Waals surface area contributed by atoms with Gasteiger partial charge in [-0.2, -0.15) is 0 Å². The lowest BCUT2D eigenvalue weighted by molar-refractivity contribution is -0.312. The minimum Gasteiger partial charge on any atom is -0.389 e. The highest BCUT2D eigenvalue weighted by atomic mass is 16.6. The Labute approximate surface area is 191 Å². The summed E-state index contributed by atoms with van der Waals surface area (Å²) >= 11 is 0. The van der Waals surface area contributed by atoms with E-state index in [1.54, 1.807) is 0 Å². The Hall–Kier alpha value is -0.0800. The SMILES string of the molecule is CC1(C)CCC[C@]2(C)[C@H]3CC[C@@]4(O)[C@@](C)(CC[C@@H]5[C@@H]([C@@H]6CO6)CC[C@@]54C)[C@]3(C)CC[C@@H]12. The summed E-state index contributed by atoms with van der Waals surface area (Å²) in [7, 11) is 0. The first-order valence-corrected chi connectivity index (χ1v) is 13.8. The van der Waals surface area contributed by atoms with Crippen molar-refractivity contribution >= 4 is 0 Å². The summed E-state index contributed by atoms with van der Waals surface area (Å²) in [5.74, 6) is 3.00. The van der Waals surface area contributed by atoms with E-state index in [9.17, 15) is 5.11 Å². The summed E-state index contributed by atoms with van der Waals surface area (Å²) < 4.78 is 5.80. The lowest BCUT2D eigenvalue weighted by Crippen LogP contribution is -2.73. The zero-order valence-electron chi connectivity index (χ0n) is 21.2. The molecule has 0 radical (unpaired) electrons. The highest BCUT2D eigenvalue weighted by molar-refractivity contribution is 5.25. The molecule has 2 heteroatoms. The highest BCUT2D eigenvalue weighted by Gasteiger charge is 2.76. The number of hydrogen-bond acceptors (Lipinski definition) is 2. The minimum absolute atomic E-state index is 0.0447. The molecular weight excluding hydrogens is 380 g/mol. The summed E-state index contributed by atoms with van der Waals surface area (Å²) in [5.41, 5.74) is 0.815. The van der Waals surface area contributed by atoms with Crippen molar-refractivity contribution in [2.45, 2.75) is 124 Å². The standard InChI is InChI=1S/C29H48O2/c1-24(2)12-7-13-25(3)22(24)10-15-27(5)23(25)11-17-29(30)26(4)14-8-19(21-18-31-21)20(26)9-16-28(27,29)6/h19-23,30H,7-18H2,1-6H3/t19-,20+,21-,22-,23+,25-,26-,27+,28-,29-/m0/s1. The van der Waals surface area contributed by atoms with Crippen LogP contribution in [0.2, 0.25) is 0 Å². The Bertz CT molecular complexity index is 771. The van der Waals surface area contributed by atoms with Gasteiger partial charge in [0.05, 0.1) is 18.3 Å². The van der Waals surface area contributed by atoms with E-state index in [2.05, 4.69) is 41.5 Å². The van der Waals surface area contributed by atoms with Crippen molar-refractivity contribution in [3.8, 4) is 0 Å². The lowest BCUT2D eigenvalue weighted by Gasteiger charge is -2.75. The second-order valence-corrected chi connectivity index (χ2v) is 14.8. The molecule has 1 heterocycles. The topological polar surface area (TPSA) is 32.8 Å². The fourth-order valence-electron chi connectivity index (χ4n) is 12.0. The average Bonchev–Trinajstić information content (AvgIpc) is 3.46. The Morgan fingerprint density at radius 1 is 0.710 bits per heavy atom. The zero-order valence-corrected chi connectivity index (χ0v) is 21.2. The number of ether oxygens (including phenoxy) is 1. The summed E-state index contributed by atoms with van der Waals surface area (Å²) in [6.07, 6.45) is 14.7. The van der Waals surface area contributed by atoms with E-state index in [0.717, 1.165) is 24.9 Å². The predicted octanol–water partition coefficient (Wildman–Crippen LogP) is 6.99. The molecular formula is C29H48O2. The van der Waals surface area contributed by atoms with Crippen LogP contribution in [0.25, 0.3) is 0 Å². The summed E-state index contributed by atoms with van der Waals surface area (Å²) in [4.78, 5) is 0. The third-order valence-corrected chi connectivity index (χ3v) is 13.8. The molecule has 6 rings (SSSR count). The average molecular weight is 429 g/mol. The van der Waals surface area contributed by atoms with Gasteiger partial charge in [0.15, 0.2) is 0 Å².